The molecule has 1 aliphatic carbocycles. The van der Waals surface area contributed by atoms with Crippen LogP contribution in [0, 0.1) is 11.8 Å². The second-order valence-electron chi connectivity index (χ2n) is 5.51. The van der Waals surface area contributed by atoms with Gasteiger partial charge in [-0.15, -0.1) is 0 Å². The van der Waals surface area contributed by atoms with Crippen LogP contribution in [-0.4, -0.2) is 35.7 Å². The van der Waals surface area contributed by atoms with E-state index in [4.69, 9.17) is 5.11 Å². The van der Waals surface area contributed by atoms with E-state index in [1.54, 1.807) is 25.5 Å². The van der Waals surface area contributed by atoms with Crippen molar-refractivity contribution >= 4 is 17.7 Å². The van der Waals surface area contributed by atoms with E-state index in [0.29, 0.717) is 25.3 Å². The molecule has 1 fully saturated rings. The third kappa shape index (κ3) is 4.18. The van der Waals surface area contributed by atoms with Gasteiger partial charge in [0.15, 0.2) is 0 Å². The zero-order valence-electron chi connectivity index (χ0n) is 12.2. The van der Waals surface area contributed by atoms with Crippen LogP contribution in [0.15, 0.2) is 24.5 Å². The molecule has 0 atom stereocenters. The summed E-state index contributed by atoms with van der Waals surface area (Å²) in [7, 11) is 1.70. The van der Waals surface area contributed by atoms with Gasteiger partial charge in [0.05, 0.1) is 17.8 Å². The number of aliphatic carboxylic acids is 1. The first-order valence-electron chi connectivity index (χ1n) is 7.22. The summed E-state index contributed by atoms with van der Waals surface area (Å²) in [5.74, 6) is -0.546. The van der Waals surface area contributed by atoms with Crippen LogP contribution < -0.4 is 10.2 Å². The molecule has 21 heavy (non-hydrogen) atoms. The van der Waals surface area contributed by atoms with Gasteiger partial charge in [-0.25, -0.2) is 4.79 Å². The number of pyridine rings is 1. The Hall–Kier alpha value is -2.11. The number of hydrogen-bond donors (Lipinski definition) is 2. The Bertz CT molecular complexity index is 484. The highest BCUT2D eigenvalue weighted by Gasteiger charge is 2.26. The maximum atomic E-state index is 12.1. The SMILES string of the molecule is CN(C(=O)NCC1CCC(C(=O)O)CC1)c1cccnc1. The van der Waals surface area contributed by atoms with Crippen LogP contribution in [0.2, 0.25) is 0 Å². The Kier molecular flexibility index (Phi) is 5.14. The van der Waals surface area contributed by atoms with Gasteiger partial charge in [0.1, 0.15) is 0 Å². The first-order chi connectivity index (χ1) is 10.1. The molecule has 1 saturated carbocycles. The van der Waals surface area contributed by atoms with Gasteiger partial charge in [-0.2, -0.15) is 0 Å². The molecule has 0 aromatic carbocycles. The van der Waals surface area contributed by atoms with E-state index in [2.05, 4.69) is 10.3 Å². The second kappa shape index (κ2) is 7.06. The smallest absolute Gasteiger partial charge is 0.321 e. The van der Waals surface area contributed by atoms with Crippen molar-refractivity contribution in [3.05, 3.63) is 24.5 Å². The molecule has 114 valence electrons. The predicted molar refractivity (Wildman–Crippen MR) is 79.1 cm³/mol. The first kappa shape index (κ1) is 15.3. The van der Waals surface area contributed by atoms with Crippen LogP contribution in [-0.2, 0) is 4.79 Å². The summed E-state index contributed by atoms with van der Waals surface area (Å²) in [6, 6.07) is 3.44. The highest BCUT2D eigenvalue weighted by Crippen LogP contribution is 2.28. The molecular weight excluding hydrogens is 270 g/mol. The summed E-state index contributed by atoms with van der Waals surface area (Å²) in [4.78, 5) is 28.5. The summed E-state index contributed by atoms with van der Waals surface area (Å²) >= 11 is 0. The lowest BCUT2D eigenvalue weighted by molar-refractivity contribution is -0.143. The normalized spacial score (nSPS) is 21.6. The van der Waals surface area contributed by atoms with Crippen molar-refractivity contribution in [1.82, 2.24) is 10.3 Å². The summed E-state index contributed by atoms with van der Waals surface area (Å²) in [5, 5.41) is 11.9. The number of amides is 2. The van der Waals surface area contributed by atoms with Crippen LogP contribution >= 0.6 is 0 Å². The van der Waals surface area contributed by atoms with Crippen molar-refractivity contribution in [3.63, 3.8) is 0 Å². The fourth-order valence-corrected chi connectivity index (χ4v) is 2.63. The first-order valence-corrected chi connectivity index (χ1v) is 7.22. The van der Waals surface area contributed by atoms with Gasteiger partial charge in [0, 0.05) is 19.8 Å². The van der Waals surface area contributed by atoms with Crippen LogP contribution in [0.1, 0.15) is 25.7 Å². The fraction of sp³-hybridized carbons (Fsp3) is 0.533. The highest BCUT2D eigenvalue weighted by molar-refractivity contribution is 5.91. The van der Waals surface area contributed by atoms with E-state index in [-0.39, 0.29) is 11.9 Å². The number of carboxylic acid groups (broad SMARTS) is 1. The number of carbonyl (C=O) groups excluding carboxylic acids is 1. The van der Waals surface area contributed by atoms with E-state index < -0.39 is 5.97 Å². The average Bonchev–Trinajstić information content (AvgIpc) is 2.53. The molecule has 2 N–H and O–H groups in total. The molecule has 0 spiro atoms. The van der Waals surface area contributed by atoms with Crippen LogP contribution in [0.4, 0.5) is 10.5 Å². The molecule has 1 aromatic heterocycles. The van der Waals surface area contributed by atoms with Gasteiger partial charge in [0.25, 0.3) is 0 Å². The lowest BCUT2D eigenvalue weighted by Gasteiger charge is -2.27. The largest absolute Gasteiger partial charge is 0.481 e. The van der Waals surface area contributed by atoms with E-state index >= 15 is 0 Å². The van der Waals surface area contributed by atoms with Crippen molar-refractivity contribution in [2.45, 2.75) is 25.7 Å². The van der Waals surface area contributed by atoms with Gasteiger partial charge in [-0.3, -0.25) is 14.7 Å². The molecule has 1 heterocycles. The Labute approximate surface area is 124 Å². The summed E-state index contributed by atoms with van der Waals surface area (Å²) in [5.41, 5.74) is 0.740. The molecule has 0 aliphatic heterocycles. The quantitative estimate of drug-likeness (QED) is 0.890. The topological polar surface area (TPSA) is 82.5 Å². The van der Waals surface area contributed by atoms with Crippen molar-refractivity contribution in [2.75, 3.05) is 18.5 Å². The molecule has 0 bridgehead atoms. The number of rotatable bonds is 4. The second-order valence-corrected chi connectivity index (χ2v) is 5.51. The molecule has 2 amide bonds. The highest BCUT2D eigenvalue weighted by atomic mass is 16.4. The summed E-state index contributed by atoms with van der Waals surface area (Å²) in [6.07, 6.45) is 6.41. The molecule has 6 heteroatoms. The minimum atomic E-state index is -0.700. The molecule has 0 unspecified atom stereocenters. The van der Waals surface area contributed by atoms with Gasteiger partial charge in [-0.05, 0) is 43.7 Å². The number of urea groups is 1. The molecule has 1 aliphatic rings. The number of anilines is 1. The van der Waals surface area contributed by atoms with Crippen molar-refractivity contribution in [1.29, 1.82) is 0 Å². The van der Waals surface area contributed by atoms with E-state index in [9.17, 15) is 9.59 Å². The lowest BCUT2D eigenvalue weighted by Crippen LogP contribution is -2.40. The number of nitrogens with one attached hydrogen (secondary N) is 1. The number of carboxylic acids is 1. The third-order valence-electron chi connectivity index (χ3n) is 4.08. The predicted octanol–water partition coefficient (Wildman–Crippen LogP) is 2.12. The van der Waals surface area contributed by atoms with Crippen molar-refractivity contribution < 1.29 is 14.7 Å². The minimum Gasteiger partial charge on any atom is -0.481 e. The maximum Gasteiger partial charge on any atom is 0.321 e. The fourth-order valence-electron chi connectivity index (χ4n) is 2.63. The number of hydrogen-bond acceptors (Lipinski definition) is 3. The van der Waals surface area contributed by atoms with Gasteiger partial charge >= 0.3 is 12.0 Å². The number of aromatic nitrogens is 1. The third-order valence-corrected chi connectivity index (χ3v) is 4.08. The molecule has 2 rings (SSSR count). The van der Waals surface area contributed by atoms with Gasteiger partial charge in [0.2, 0.25) is 0 Å². The molecule has 0 radical (unpaired) electrons. The van der Waals surface area contributed by atoms with E-state index in [1.807, 2.05) is 6.07 Å². The average molecular weight is 291 g/mol. The Morgan fingerprint density at radius 2 is 2.10 bits per heavy atom. The standard InChI is InChI=1S/C15H21N3O3/c1-18(13-3-2-8-16-10-13)15(21)17-9-11-4-6-12(7-5-11)14(19)20/h2-3,8,10-12H,4-7,9H2,1H3,(H,17,21)(H,19,20). The Morgan fingerprint density at radius 3 is 2.67 bits per heavy atom. The van der Waals surface area contributed by atoms with Crippen molar-refractivity contribution in [2.24, 2.45) is 11.8 Å². The Morgan fingerprint density at radius 1 is 1.38 bits per heavy atom. The zero-order valence-corrected chi connectivity index (χ0v) is 12.2. The zero-order chi connectivity index (χ0) is 15.2. The van der Waals surface area contributed by atoms with E-state index in [1.165, 1.54) is 4.90 Å². The van der Waals surface area contributed by atoms with Gasteiger partial charge in [-0.1, -0.05) is 0 Å². The minimum absolute atomic E-state index is 0.164. The monoisotopic (exact) mass is 291 g/mol. The number of nitrogens with zero attached hydrogens (tertiary/aromatic N) is 2. The van der Waals surface area contributed by atoms with Gasteiger partial charge < -0.3 is 10.4 Å². The molecule has 1 aromatic rings. The molecular formula is C15H21N3O3. The molecule has 6 nitrogen and oxygen atoms in total. The van der Waals surface area contributed by atoms with Crippen LogP contribution in [0.5, 0.6) is 0 Å². The molecule has 0 saturated heterocycles. The lowest BCUT2D eigenvalue weighted by atomic mass is 9.82. The Balaban J connectivity index is 1.76. The summed E-state index contributed by atoms with van der Waals surface area (Å²) < 4.78 is 0. The summed E-state index contributed by atoms with van der Waals surface area (Å²) in [6.45, 7) is 0.593. The van der Waals surface area contributed by atoms with E-state index in [0.717, 1.165) is 18.5 Å². The van der Waals surface area contributed by atoms with Crippen LogP contribution in [0.25, 0.3) is 0 Å². The van der Waals surface area contributed by atoms with Crippen molar-refractivity contribution in [3.8, 4) is 0 Å². The number of carbonyl (C=O) groups is 2. The maximum absolute atomic E-state index is 12.1. The van der Waals surface area contributed by atoms with Crippen LogP contribution in [0.3, 0.4) is 0 Å².